The summed E-state index contributed by atoms with van der Waals surface area (Å²) in [5, 5.41) is 9.70. The van der Waals surface area contributed by atoms with Gasteiger partial charge in [-0.2, -0.15) is 0 Å². The molecule has 0 radical (unpaired) electrons. The topological polar surface area (TPSA) is 26.6 Å². The molecule has 5 heteroatoms. The molecule has 4 nitrogen and oxygen atoms in total. The second-order valence-electron chi connectivity index (χ2n) is 15.6. The van der Waals surface area contributed by atoms with Crippen molar-refractivity contribution < 1.29 is 9.47 Å². The van der Waals surface area contributed by atoms with E-state index in [1.807, 2.05) is 6.07 Å². The lowest BCUT2D eigenvalue weighted by atomic mass is 9.34. The fraction of sp³-hybridized carbons (Fsp3) is 0. The van der Waals surface area contributed by atoms with E-state index < -0.39 is 0 Å². The van der Waals surface area contributed by atoms with E-state index in [4.69, 9.17) is 9.47 Å². The Bertz CT molecular complexity index is 3470. The number of fused-ring (bicyclic) bond motifs is 13. The minimum atomic E-state index is -0.0998. The summed E-state index contributed by atoms with van der Waals surface area (Å²) in [6.07, 6.45) is 0. The van der Waals surface area contributed by atoms with Crippen LogP contribution in [-0.2, 0) is 0 Å². The second kappa shape index (κ2) is 12.4. The van der Waals surface area contributed by atoms with Crippen LogP contribution in [-0.4, -0.2) is 11.3 Å². The van der Waals surface area contributed by atoms with Crippen LogP contribution in [0.5, 0.6) is 23.0 Å². The quantitative estimate of drug-likeness (QED) is 0.132. The van der Waals surface area contributed by atoms with Crippen LogP contribution in [0.1, 0.15) is 0 Å². The van der Waals surface area contributed by atoms with Crippen LogP contribution in [0.25, 0.3) is 59.8 Å². The Morgan fingerprint density at radius 3 is 1.44 bits per heavy atom. The highest BCUT2D eigenvalue weighted by Crippen LogP contribution is 2.44. The summed E-state index contributed by atoms with van der Waals surface area (Å²) in [6.45, 7) is -0.0998. The molecule has 0 amide bonds. The Balaban J connectivity index is 1.09. The van der Waals surface area contributed by atoms with E-state index in [0.717, 1.165) is 83.9 Å². The third-order valence-corrected chi connectivity index (χ3v) is 12.4. The number of ether oxygens (including phenoxy) is 2. The van der Waals surface area contributed by atoms with Gasteiger partial charge in [0.25, 0.3) is 6.71 Å². The van der Waals surface area contributed by atoms with Gasteiger partial charge in [0.2, 0.25) is 0 Å². The van der Waals surface area contributed by atoms with Crippen molar-refractivity contribution in [1.29, 1.82) is 0 Å². The second-order valence-corrected chi connectivity index (χ2v) is 15.6. The maximum Gasteiger partial charge on any atom is 0.260 e. The molecule has 0 fully saturated rings. The number of nitrogens with zero attached hydrogens (tertiary/aromatic N) is 2. The van der Waals surface area contributed by atoms with Gasteiger partial charge in [0, 0.05) is 39.0 Å². The minimum absolute atomic E-state index is 0.0998. The zero-order valence-corrected chi connectivity index (χ0v) is 31.8. The first-order valence-electron chi connectivity index (χ1n) is 20.2. The lowest BCUT2D eigenvalue weighted by Gasteiger charge is -2.33. The molecule has 0 saturated heterocycles. The van der Waals surface area contributed by atoms with Crippen LogP contribution < -0.4 is 30.8 Å². The smallest absolute Gasteiger partial charge is 0.260 e. The Hall–Kier alpha value is -7.76. The number of benzene rings is 10. The average molecular weight is 753 g/mol. The Morgan fingerprint density at radius 2 is 0.831 bits per heavy atom. The van der Waals surface area contributed by atoms with E-state index in [0.29, 0.717) is 0 Å². The molecular formula is C54H33BN2O2. The van der Waals surface area contributed by atoms with Crippen molar-refractivity contribution in [3.8, 4) is 28.7 Å². The molecule has 2 aliphatic heterocycles. The van der Waals surface area contributed by atoms with E-state index in [9.17, 15) is 0 Å². The third-order valence-electron chi connectivity index (χ3n) is 12.4. The molecule has 0 atom stereocenters. The molecule has 0 saturated carbocycles. The fourth-order valence-corrected chi connectivity index (χ4v) is 9.92. The maximum absolute atomic E-state index is 6.91. The van der Waals surface area contributed by atoms with Crippen molar-refractivity contribution in [1.82, 2.24) is 4.57 Å². The van der Waals surface area contributed by atoms with Crippen molar-refractivity contribution in [2.75, 3.05) is 4.90 Å². The minimum Gasteiger partial charge on any atom is -0.458 e. The lowest BCUT2D eigenvalue weighted by molar-refractivity contribution is 0.465. The first kappa shape index (κ1) is 32.3. The standard InChI is InChI=1S/C54H33BN2O2/c1-4-15-34(16-5-1)56(35-17-6-2-7-18-35)37-27-28-42-45-32-53-47(33-49(45)57(48(42)29-37)36-19-8-3-9-20-36)55-46-30-43-40-23-12-10-21-38(40)39-22-11-13-24-41(39)44(43)31-52(46)58-50-25-14-26-51(59-53)54(50)55/h1-33H. The van der Waals surface area contributed by atoms with Gasteiger partial charge < -0.3 is 18.9 Å². The molecule has 10 aromatic carbocycles. The van der Waals surface area contributed by atoms with Gasteiger partial charge in [0.15, 0.2) is 0 Å². The third kappa shape index (κ3) is 4.73. The monoisotopic (exact) mass is 752 g/mol. The zero-order valence-electron chi connectivity index (χ0n) is 31.8. The molecule has 0 unspecified atom stereocenters. The molecule has 2 aliphatic rings. The van der Waals surface area contributed by atoms with Crippen molar-refractivity contribution in [3.05, 3.63) is 200 Å². The van der Waals surface area contributed by atoms with Crippen LogP contribution in [0, 0.1) is 0 Å². The van der Waals surface area contributed by atoms with Gasteiger partial charge in [-0.05, 0) is 122 Å². The SMILES string of the molecule is c1ccc(N(c2ccccc2)c2ccc3c4cc5c(cc4n(-c4ccccc4)c3c2)B2c3cc4c6ccccc6c6ccccc6c4cc3Oc3cccc(c32)O5)cc1. The molecule has 0 bridgehead atoms. The summed E-state index contributed by atoms with van der Waals surface area (Å²) >= 11 is 0. The van der Waals surface area contributed by atoms with Crippen LogP contribution >= 0.6 is 0 Å². The molecule has 1 aromatic heterocycles. The van der Waals surface area contributed by atoms with Gasteiger partial charge in [-0.1, -0.05) is 121 Å². The van der Waals surface area contributed by atoms with Crippen molar-refractivity contribution in [2.24, 2.45) is 0 Å². The van der Waals surface area contributed by atoms with Crippen LogP contribution in [0.4, 0.5) is 17.1 Å². The first-order valence-corrected chi connectivity index (χ1v) is 20.2. The number of hydrogen-bond acceptors (Lipinski definition) is 3. The fourth-order valence-electron chi connectivity index (χ4n) is 9.92. The molecule has 11 aromatic rings. The zero-order chi connectivity index (χ0) is 38.6. The highest BCUT2D eigenvalue weighted by atomic mass is 16.5. The van der Waals surface area contributed by atoms with Gasteiger partial charge in [-0.25, -0.2) is 0 Å². The van der Waals surface area contributed by atoms with E-state index in [-0.39, 0.29) is 6.71 Å². The Labute approximate surface area is 340 Å². The van der Waals surface area contributed by atoms with Gasteiger partial charge in [0.1, 0.15) is 23.0 Å². The number of para-hydroxylation sites is 3. The molecule has 59 heavy (non-hydrogen) atoms. The highest BCUT2D eigenvalue weighted by Gasteiger charge is 2.41. The summed E-state index contributed by atoms with van der Waals surface area (Å²) in [7, 11) is 0. The van der Waals surface area contributed by atoms with E-state index in [2.05, 4.69) is 204 Å². The number of aromatic nitrogens is 1. The molecule has 0 aliphatic carbocycles. The summed E-state index contributed by atoms with van der Waals surface area (Å²) in [6, 6.07) is 71.8. The molecule has 3 heterocycles. The Kier molecular flexibility index (Phi) is 6.78. The molecule has 0 N–H and O–H groups in total. The molecule has 0 spiro atoms. The van der Waals surface area contributed by atoms with Crippen LogP contribution in [0.2, 0.25) is 0 Å². The highest BCUT2D eigenvalue weighted by molar-refractivity contribution is 6.98. The van der Waals surface area contributed by atoms with Gasteiger partial charge in [0.05, 0.1) is 11.0 Å². The normalized spacial score (nSPS) is 12.6. The Morgan fingerprint density at radius 1 is 0.339 bits per heavy atom. The average Bonchev–Trinajstić information content (AvgIpc) is 3.61. The largest absolute Gasteiger partial charge is 0.458 e. The maximum atomic E-state index is 6.91. The number of rotatable bonds is 4. The summed E-state index contributed by atoms with van der Waals surface area (Å²) < 4.78 is 16.2. The van der Waals surface area contributed by atoms with Crippen LogP contribution in [0.15, 0.2) is 200 Å². The summed E-state index contributed by atoms with van der Waals surface area (Å²) in [5.41, 5.74) is 9.98. The van der Waals surface area contributed by atoms with Crippen LogP contribution in [0.3, 0.4) is 0 Å². The summed E-state index contributed by atoms with van der Waals surface area (Å²) in [4.78, 5) is 2.33. The van der Waals surface area contributed by atoms with Crippen molar-refractivity contribution >= 4 is 94.3 Å². The van der Waals surface area contributed by atoms with E-state index in [1.165, 1.54) is 32.3 Å². The van der Waals surface area contributed by atoms with Crippen molar-refractivity contribution in [3.63, 3.8) is 0 Å². The predicted octanol–water partition coefficient (Wildman–Crippen LogP) is 12.4. The van der Waals surface area contributed by atoms with Gasteiger partial charge >= 0.3 is 0 Å². The molecule has 13 rings (SSSR count). The van der Waals surface area contributed by atoms with Gasteiger partial charge in [-0.3, -0.25) is 0 Å². The number of hydrogen-bond donors (Lipinski definition) is 0. The van der Waals surface area contributed by atoms with Gasteiger partial charge in [-0.15, -0.1) is 0 Å². The number of anilines is 3. The lowest BCUT2D eigenvalue weighted by Crippen LogP contribution is -2.57. The van der Waals surface area contributed by atoms with E-state index in [1.54, 1.807) is 0 Å². The van der Waals surface area contributed by atoms with E-state index >= 15 is 0 Å². The predicted molar refractivity (Wildman–Crippen MR) is 246 cm³/mol. The molecule has 274 valence electrons. The first-order chi connectivity index (χ1) is 29.3. The van der Waals surface area contributed by atoms with Crippen molar-refractivity contribution in [2.45, 2.75) is 0 Å². The molecular weight excluding hydrogens is 719 g/mol. The summed E-state index contributed by atoms with van der Waals surface area (Å²) in [5.74, 6) is 3.43.